The van der Waals surface area contributed by atoms with E-state index >= 15 is 0 Å². The van der Waals surface area contributed by atoms with Gasteiger partial charge in [0, 0.05) is 16.6 Å². The maximum Gasteiger partial charge on any atom is 0.341 e. The van der Waals surface area contributed by atoms with Crippen molar-refractivity contribution in [3.05, 3.63) is 75.4 Å². The van der Waals surface area contributed by atoms with Gasteiger partial charge in [0.1, 0.15) is 10.6 Å². The highest BCUT2D eigenvalue weighted by molar-refractivity contribution is 7.16. The molecule has 7 heteroatoms. The van der Waals surface area contributed by atoms with Crippen molar-refractivity contribution in [3.8, 4) is 11.3 Å². The van der Waals surface area contributed by atoms with Crippen LogP contribution in [0.5, 0.6) is 0 Å². The number of nitrogens with one attached hydrogen (secondary N) is 1. The molecule has 176 valence electrons. The predicted molar refractivity (Wildman–Crippen MR) is 137 cm³/mol. The number of aryl methyl sites for hydroxylation is 4. The van der Waals surface area contributed by atoms with Crippen molar-refractivity contribution in [1.82, 2.24) is 9.38 Å². The van der Waals surface area contributed by atoms with Gasteiger partial charge >= 0.3 is 5.97 Å². The highest BCUT2D eigenvalue weighted by Gasteiger charge is 2.22. The number of fused-ring (bicyclic) bond motifs is 1. The predicted octanol–water partition coefficient (Wildman–Crippen LogP) is 5.91. The molecule has 0 fully saturated rings. The van der Waals surface area contributed by atoms with Gasteiger partial charge in [-0.05, 0) is 75.1 Å². The number of carbonyl (C=O) groups is 2. The number of amides is 1. The molecule has 34 heavy (non-hydrogen) atoms. The maximum atomic E-state index is 13.2. The number of esters is 1. The number of nitrogens with zero attached hydrogens (tertiary/aromatic N) is 2. The largest absolute Gasteiger partial charge is 0.462 e. The zero-order chi connectivity index (χ0) is 24.4. The molecule has 0 saturated carbocycles. The molecule has 6 nitrogen and oxygen atoms in total. The van der Waals surface area contributed by atoms with Crippen molar-refractivity contribution >= 4 is 33.9 Å². The molecule has 4 rings (SSSR count). The second-order valence-corrected chi connectivity index (χ2v) is 9.53. The van der Waals surface area contributed by atoms with Gasteiger partial charge in [0.05, 0.1) is 30.0 Å². The standard InChI is InChI=1S/C27H29N3O3S/c1-6-20-14-21(27(32)33-7-2)26(34-20)29-24(31)15-22-25(19-9-8-17(4)18(5)13-19)28-23-12-16(3)10-11-30(22)23/h8-14H,6-7,15H2,1-5H3,(H,29,31). The summed E-state index contributed by atoms with van der Waals surface area (Å²) in [5, 5.41) is 3.48. The quantitative estimate of drug-likeness (QED) is 0.337. The third-order valence-electron chi connectivity index (χ3n) is 5.87. The number of carbonyl (C=O) groups excluding carboxylic acids is 2. The van der Waals surface area contributed by atoms with Crippen LogP contribution >= 0.6 is 11.3 Å². The fraction of sp³-hybridized carbons (Fsp3) is 0.296. The first kappa shape index (κ1) is 23.7. The van der Waals surface area contributed by atoms with Gasteiger partial charge in [-0.3, -0.25) is 4.79 Å². The van der Waals surface area contributed by atoms with Crippen LogP contribution < -0.4 is 5.32 Å². The summed E-state index contributed by atoms with van der Waals surface area (Å²) in [5.74, 6) is -0.627. The van der Waals surface area contributed by atoms with Crippen molar-refractivity contribution in [1.29, 1.82) is 0 Å². The molecular formula is C27H29N3O3S. The van der Waals surface area contributed by atoms with Crippen LogP contribution in [-0.2, 0) is 22.4 Å². The fourth-order valence-corrected chi connectivity index (χ4v) is 4.88. The molecule has 0 aliphatic rings. The number of aromatic nitrogens is 2. The van der Waals surface area contributed by atoms with Gasteiger partial charge < -0.3 is 14.5 Å². The first-order chi connectivity index (χ1) is 16.3. The number of rotatable bonds is 7. The Kier molecular flexibility index (Phi) is 6.84. The Hall–Kier alpha value is -3.45. The van der Waals surface area contributed by atoms with Crippen LogP contribution in [0.15, 0.2) is 42.6 Å². The van der Waals surface area contributed by atoms with Gasteiger partial charge in [0.25, 0.3) is 0 Å². The van der Waals surface area contributed by atoms with E-state index in [-0.39, 0.29) is 18.9 Å². The minimum absolute atomic E-state index is 0.119. The number of thiophene rings is 1. The molecule has 3 aromatic heterocycles. The number of imidazole rings is 1. The highest BCUT2D eigenvalue weighted by atomic mass is 32.1. The molecule has 0 radical (unpaired) electrons. The lowest BCUT2D eigenvalue weighted by Gasteiger charge is -2.09. The smallest absolute Gasteiger partial charge is 0.341 e. The second kappa shape index (κ2) is 9.81. The van der Waals surface area contributed by atoms with Gasteiger partial charge in [0.15, 0.2) is 0 Å². The van der Waals surface area contributed by atoms with Crippen molar-refractivity contribution in [2.75, 3.05) is 11.9 Å². The van der Waals surface area contributed by atoms with Gasteiger partial charge in [-0.1, -0.05) is 19.1 Å². The Morgan fingerprint density at radius 3 is 2.56 bits per heavy atom. The van der Waals surface area contributed by atoms with Crippen LogP contribution in [0.1, 0.15) is 51.5 Å². The molecule has 0 saturated heterocycles. The number of pyridine rings is 1. The van der Waals surface area contributed by atoms with Gasteiger partial charge in [-0.15, -0.1) is 11.3 Å². The molecule has 0 atom stereocenters. The summed E-state index contributed by atoms with van der Waals surface area (Å²) in [7, 11) is 0. The van der Waals surface area contributed by atoms with E-state index in [0.29, 0.717) is 10.6 Å². The minimum atomic E-state index is -0.421. The molecule has 3 heterocycles. The van der Waals surface area contributed by atoms with Gasteiger partial charge in [0.2, 0.25) is 5.91 Å². The van der Waals surface area contributed by atoms with Crippen LogP contribution in [0.25, 0.3) is 16.9 Å². The topological polar surface area (TPSA) is 72.7 Å². The number of anilines is 1. The van der Waals surface area contributed by atoms with Crippen LogP contribution in [0.2, 0.25) is 0 Å². The van der Waals surface area contributed by atoms with Crippen molar-refractivity contribution < 1.29 is 14.3 Å². The lowest BCUT2D eigenvalue weighted by molar-refractivity contribution is -0.115. The summed E-state index contributed by atoms with van der Waals surface area (Å²) in [5.41, 5.74) is 7.25. The lowest BCUT2D eigenvalue weighted by Crippen LogP contribution is -2.17. The van der Waals surface area contributed by atoms with Crippen LogP contribution in [0.3, 0.4) is 0 Å². The number of hydrogen-bond donors (Lipinski definition) is 1. The van der Waals surface area contributed by atoms with E-state index in [1.54, 1.807) is 13.0 Å². The van der Waals surface area contributed by atoms with E-state index in [9.17, 15) is 9.59 Å². The monoisotopic (exact) mass is 475 g/mol. The Bertz CT molecular complexity index is 1380. The Morgan fingerprint density at radius 2 is 1.85 bits per heavy atom. The summed E-state index contributed by atoms with van der Waals surface area (Å²) in [6.45, 7) is 10.2. The first-order valence-electron chi connectivity index (χ1n) is 11.5. The Balaban J connectivity index is 1.71. The molecule has 0 aliphatic carbocycles. The summed E-state index contributed by atoms with van der Waals surface area (Å²) < 4.78 is 7.15. The molecule has 1 aromatic carbocycles. The van der Waals surface area contributed by atoms with Crippen molar-refractivity contribution in [2.45, 2.75) is 47.5 Å². The molecule has 1 amide bonds. The molecule has 0 aliphatic heterocycles. The fourth-order valence-electron chi connectivity index (χ4n) is 3.88. The minimum Gasteiger partial charge on any atom is -0.462 e. The zero-order valence-electron chi connectivity index (χ0n) is 20.2. The Labute approximate surface area is 203 Å². The SMILES string of the molecule is CCOC(=O)c1cc(CC)sc1NC(=O)Cc1c(-c2ccc(C)c(C)c2)nc2cc(C)ccn12. The average Bonchev–Trinajstić information content (AvgIpc) is 3.37. The molecule has 0 bridgehead atoms. The van der Waals surface area contributed by atoms with E-state index in [1.165, 1.54) is 22.5 Å². The van der Waals surface area contributed by atoms with E-state index in [2.05, 4.69) is 31.3 Å². The third kappa shape index (κ3) is 4.75. The van der Waals surface area contributed by atoms with Crippen LogP contribution in [0, 0.1) is 20.8 Å². The second-order valence-electron chi connectivity index (χ2n) is 8.39. The molecule has 1 N–H and O–H groups in total. The first-order valence-corrected chi connectivity index (χ1v) is 12.3. The zero-order valence-corrected chi connectivity index (χ0v) is 21.0. The van der Waals surface area contributed by atoms with Gasteiger partial charge in [-0.25, -0.2) is 9.78 Å². The normalized spacial score (nSPS) is 11.1. The van der Waals surface area contributed by atoms with Crippen molar-refractivity contribution in [2.24, 2.45) is 0 Å². The van der Waals surface area contributed by atoms with Crippen molar-refractivity contribution in [3.63, 3.8) is 0 Å². The average molecular weight is 476 g/mol. The van der Waals surface area contributed by atoms with Crippen LogP contribution in [0.4, 0.5) is 5.00 Å². The molecular weight excluding hydrogens is 446 g/mol. The van der Waals surface area contributed by atoms with E-state index < -0.39 is 5.97 Å². The maximum absolute atomic E-state index is 13.2. The molecule has 0 spiro atoms. The number of benzene rings is 1. The summed E-state index contributed by atoms with van der Waals surface area (Å²) in [6, 6.07) is 12.0. The summed E-state index contributed by atoms with van der Waals surface area (Å²) >= 11 is 1.41. The number of hydrogen-bond acceptors (Lipinski definition) is 5. The molecule has 4 aromatic rings. The van der Waals surface area contributed by atoms with E-state index in [0.717, 1.165) is 39.5 Å². The Morgan fingerprint density at radius 1 is 1.06 bits per heavy atom. The van der Waals surface area contributed by atoms with Gasteiger partial charge in [-0.2, -0.15) is 0 Å². The lowest BCUT2D eigenvalue weighted by atomic mass is 10.0. The third-order valence-corrected chi connectivity index (χ3v) is 7.06. The number of ether oxygens (including phenoxy) is 1. The summed E-state index contributed by atoms with van der Waals surface area (Å²) in [4.78, 5) is 31.5. The molecule has 0 unspecified atom stereocenters. The highest BCUT2D eigenvalue weighted by Crippen LogP contribution is 2.31. The van der Waals surface area contributed by atoms with Crippen LogP contribution in [-0.4, -0.2) is 27.9 Å². The van der Waals surface area contributed by atoms with E-state index in [1.807, 2.05) is 42.6 Å². The summed E-state index contributed by atoms with van der Waals surface area (Å²) in [6.07, 6.45) is 2.85. The van der Waals surface area contributed by atoms with E-state index in [4.69, 9.17) is 9.72 Å².